The van der Waals surface area contributed by atoms with Crippen molar-refractivity contribution in [3.05, 3.63) is 58.9 Å². The van der Waals surface area contributed by atoms with Crippen molar-refractivity contribution in [1.82, 2.24) is 0 Å². The van der Waals surface area contributed by atoms with Crippen LogP contribution >= 0.6 is 11.6 Å². The standard InChI is InChI=1S/C17H15ClFNO5S/c1-10(16(21)20-12-5-3-11(19)4-6-12)25-17(22)14-9-13(26(2,23)24)7-8-15(14)18/h3-10H,1-2H3,(H,20,21)/t10-/m1/s1. The number of carbonyl (C=O) groups excluding carboxylic acids is 2. The average molecular weight is 400 g/mol. The van der Waals surface area contributed by atoms with Crippen LogP contribution in [0.5, 0.6) is 0 Å². The van der Waals surface area contributed by atoms with Crippen molar-refractivity contribution >= 4 is 39.0 Å². The van der Waals surface area contributed by atoms with Crippen LogP contribution in [0, 0.1) is 5.82 Å². The zero-order valence-corrected chi connectivity index (χ0v) is 15.4. The summed E-state index contributed by atoms with van der Waals surface area (Å²) in [5.41, 5.74) is 0.160. The lowest BCUT2D eigenvalue weighted by Gasteiger charge is -2.14. The van der Waals surface area contributed by atoms with Crippen molar-refractivity contribution in [2.75, 3.05) is 11.6 Å². The summed E-state index contributed by atoms with van der Waals surface area (Å²) in [6.45, 7) is 1.34. The van der Waals surface area contributed by atoms with Gasteiger partial charge < -0.3 is 10.1 Å². The van der Waals surface area contributed by atoms with Gasteiger partial charge in [-0.1, -0.05) is 11.6 Å². The first kappa shape index (κ1) is 19.9. The van der Waals surface area contributed by atoms with Crippen molar-refractivity contribution in [2.24, 2.45) is 0 Å². The SMILES string of the molecule is C[C@@H](OC(=O)c1cc(S(C)(=O)=O)ccc1Cl)C(=O)Nc1ccc(F)cc1. The number of benzene rings is 2. The summed E-state index contributed by atoms with van der Waals surface area (Å²) >= 11 is 5.92. The van der Waals surface area contributed by atoms with Crippen LogP contribution in [0.2, 0.25) is 5.02 Å². The van der Waals surface area contributed by atoms with Gasteiger partial charge in [0, 0.05) is 11.9 Å². The van der Waals surface area contributed by atoms with Gasteiger partial charge in [0.2, 0.25) is 0 Å². The molecule has 26 heavy (non-hydrogen) atoms. The molecular formula is C17H15ClFNO5S. The van der Waals surface area contributed by atoms with Gasteiger partial charge in [-0.25, -0.2) is 17.6 Å². The van der Waals surface area contributed by atoms with Crippen LogP contribution in [0.4, 0.5) is 10.1 Å². The summed E-state index contributed by atoms with van der Waals surface area (Å²) in [5.74, 6) is -2.04. The Kier molecular flexibility index (Phi) is 5.99. The van der Waals surface area contributed by atoms with Crippen molar-refractivity contribution in [3.63, 3.8) is 0 Å². The molecule has 9 heteroatoms. The number of anilines is 1. The van der Waals surface area contributed by atoms with E-state index in [2.05, 4.69) is 5.32 Å². The minimum atomic E-state index is -3.54. The van der Waals surface area contributed by atoms with Crippen molar-refractivity contribution in [3.8, 4) is 0 Å². The molecule has 0 radical (unpaired) electrons. The molecule has 2 aromatic rings. The number of rotatable bonds is 5. The molecule has 138 valence electrons. The van der Waals surface area contributed by atoms with Crippen LogP contribution in [-0.4, -0.2) is 32.7 Å². The normalized spacial score (nSPS) is 12.3. The Hall–Kier alpha value is -2.45. The van der Waals surface area contributed by atoms with Crippen molar-refractivity contribution < 1.29 is 27.1 Å². The molecule has 0 saturated heterocycles. The molecule has 1 N–H and O–H groups in total. The van der Waals surface area contributed by atoms with E-state index < -0.39 is 33.6 Å². The summed E-state index contributed by atoms with van der Waals surface area (Å²) in [5, 5.41) is 2.46. The largest absolute Gasteiger partial charge is 0.449 e. The Morgan fingerprint density at radius 3 is 2.35 bits per heavy atom. The first-order valence-corrected chi connectivity index (χ1v) is 9.62. The number of esters is 1. The second-order valence-electron chi connectivity index (χ2n) is 5.46. The monoisotopic (exact) mass is 399 g/mol. The molecule has 0 aliphatic carbocycles. The maximum absolute atomic E-state index is 12.9. The number of halogens is 2. The number of carbonyl (C=O) groups is 2. The van der Waals surface area contributed by atoms with Gasteiger partial charge in [0.15, 0.2) is 15.9 Å². The molecule has 1 atom stereocenters. The van der Waals surface area contributed by atoms with E-state index in [1.807, 2.05) is 0 Å². The summed E-state index contributed by atoms with van der Waals surface area (Å²) in [6.07, 6.45) is -0.199. The Bertz CT molecular complexity index is 944. The highest BCUT2D eigenvalue weighted by Crippen LogP contribution is 2.22. The molecule has 0 heterocycles. The number of hydrogen-bond acceptors (Lipinski definition) is 5. The Balaban J connectivity index is 2.11. The first-order valence-electron chi connectivity index (χ1n) is 7.35. The Morgan fingerprint density at radius 1 is 1.15 bits per heavy atom. The number of sulfone groups is 1. The topological polar surface area (TPSA) is 89.5 Å². The molecule has 2 aromatic carbocycles. The second kappa shape index (κ2) is 7.84. The van der Waals surface area contributed by atoms with Gasteiger partial charge in [0.05, 0.1) is 15.5 Å². The van der Waals surface area contributed by atoms with Crippen LogP contribution in [0.3, 0.4) is 0 Å². The van der Waals surface area contributed by atoms with Gasteiger partial charge >= 0.3 is 5.97 Å². The first-order chi connectivity index (χ1) is 12.1. The van der Waals surface area contributed by atoms with Crippen LogP contribution in [0.1, 0.15) is 17.3 Å². The van der Waals surface area contributed by atoms with E-state index in [1.165, 1.54) is 43.3 Å². The Labute approximate surface area is 154 Å². The van der Waals surface area contributed by atoms with Crippen LogP contribution < -0.4 is 5.32 Å². The number of amides is 1. The second-order valence-corrected chi connectivity index (χ2v) is 7.88. The molecule has 0 unspecified atom stereocenters. The third kappa shape index (κ3) is 5.03. The molecule has 0 fully saturated rings. The fraction of sp³-hybridized carbons (Fsp3) is 0.176. The number of hydrogen-bond donors (Lipinski definition) is 1. The van der Waals surface area contributed by atoms with E-state index in [4.69, 9.17) is 16.3 Å². The zero-order valence-electron chi connectivity index (χ0n) is 13.8. The smallest absolute Gasteiger partial charge is 0.340 e. The molecule has 0 spiro atoms. The van der Waals surface area contributed by atoms with E-state index in [9.17, 15) is 22.4 Å². The molecule has 2 rings (SSSR count). The summed E-state index contributed by atoms with van der Waals surface area (Å²) < 4.78 is 41.1. The third-order valence-electron chi connectivity index (χ3n) is 3.35. The molecular weight excluding hydrogens is 385 g/mol. The molecule has 0 aromatic heterocycles. The molecule has 1 amide bonds. The molecule has 0 bridgehead atoms. The fourth-order valence-corrected chi connectivity index (χ4v) is 2.79. The van der Waals surface area contributed by atoms with Gasteiger partial charge in [0.25, 0.3) is 5.91 Å². The van der Waals surface area contributed by atoms with Gasteiger partial charge in [-0.05, 0) is 49.4 Å². The summed E-state index contributed by atoms with van der Waals surface area (Å²) in [4.78, 5) is 24.2. The van der Waals surface area contributed by atoms with E-state index in [0.717, 1.165) is 12.3 Å². The van der Waals surface area contributed by atoms with Crippen LogP contribution in [0.15, 0.2) is 47.4 Å². The van der Waals surface area contributed by atoms with E-state index >= 15 is 0 Å². The van der Waals surface area contributed by atoms with Crippen molar-refractivity contribution in [1.29, 1.82) is 0 Å². The zero-order chi connectivity index (χ0) is 19.5. The van der Waals surface area contributed by atoms with Gasteiger partial charge in [-0.2, -0.15) is 0 Å². The van der Waals surface area contributed by atoms with Crippen molar-refractivity contribution in [2.45, 2.75) is 17.9 Å². The predicted molar refractivity (Wildman–Crippen MR) is 94.5 cm³/mol. The van der Waals surface area contributed by atoms with E-state index in [1.54, 1.807) is 0 Å². The highest BCUT2D eigenvalue weighted by Gasteiger charge is 2.22. The van der Waals surface area contributed by atoms with Crippen LogP contribution in [0.25, 0.3) is 0 Å². The van der Waals surface area contributed by atoms with Gasteiger partial charge in [-0.3, -0.25) is 4.79 Å². The highest BCUT2D eigenvalue weighted by atomic mass is 35.5. The molecule has 0 aliphatic heterocycles. The molecule has 0 aliphatic rings. The predicted octanol–water partition coefficient (Wildman–Crippen LogP) is 3.07. The molecule has 0 saturated carbocycles. The highest BCUT2D eigenvalue weighted by molar-refractivity contribution is 7.90. The Morgan fingerprint density at radius 2 is 1.77 bits per heavy atom. The van der Waals surface area contributed by atoms with Gasteiger partial charge in [-0.15, -0.1) is 0 Å². The molecule has 6 nitrogen and oxygen atoms in total. The minimum Gasteiger partial charge on any atom is -0.449 e. The quantitative estimate of drug-likeness (QED) is 0.780. The lowest BCUT2D eigenvalue weighted by Crippen LogP contribution is -2.30. The lowest BCUT2D eigenvalue weighted by molar-refractivity contribution is -0.123. The average Bonchev–Trinajstić information content (AvgIpc) is 2.56. The third-order valence-corrected chi connectivity index (χ3v) is 4.79. The lowest BCUT2D eigenvalue weighted by atomic mass is 10.2. The van der Waals surface area contributed by atoms with E-state index in [0.29, 0.717) is 5.69 Å². The maximum atomic E-state index is 12.9. The van der Waals surface area contributed by atoms with E-state index in [-0.39, 0.29) is 15.5 Å². The summed E-state index contributed by atoms with van der Waals surface area (Å²) in [7, 11) is -3.54. The number of nitrogens with one attached hydrogen (secondary N) is 1. The van der Waals surface area contributed by atoms with Crippen LogP contribution in [-0.2, 0) is 19.4 Å². The summed E-state index contributed by atoms with van der Waals surface area (Å²) in [6, 6.07) is 8.66. The fourth-order valence-electron chi connectivity index (χ4n) is 1.95. The maximum Gasteiger partial charge on any atom is 0.340 e. The van der Waals surface area contributed by atoms with Gasteiger partial charge in [0.1, 0.15) is 5.82 Å². The number of ether oxygens (including phenoxy) is 1. The minimum absolute atomic E-state index is 0.00598.